The van der Waals surface area contributed by atoms with E-state index in [1.54, 1.807) is 29.4 Å². The van der Waals surface area contributed by atoms with Crippen LogP contribution in [0.2, 0.25) is 0 Å². The molecule has 0 saturated heterocycles. The van der Waals surface area contributed by atoms with Gasteiger partial charge in [0, 0.05) is 39.2 Å². The van der Waals surface area contributed by atoms with Gasteiger partial charge in [-0.1, -0.05) is 13.3 Å². The fourth-order valence-electron chi connectivity index (χ4n) is 3.37. The van der Waals surface area contributed by atoms with E-state index in [1.807, 2.05) is 36.9 Å². The molecule has 0 radical (unpaired) electrons. The molecule has 1 atom stereocenters. The minimum Gasteiger partial charge on any atom is -0.336 e. The van der Waals surface area contributed by atoms with Gasteiger partial charge in [0.25, 0.3) is 0 Å². The van der Waals surface area contributed by atoms with Crippen molar-refractivity contribution >= 4 is 22.8 Å². The van der Waals surface area contributed by atoms with Crippen LogP contribution in [0, 0.1) is 6.92 Å². The Labute approximate surface area is 157 Å². The Balaban J connectivity index is 1.85. The number of aryl methyl sites for hydroxylation is 4. The molecule has 0 saturated carbocycles. The maximum Gasteiger partial charge on any atom is 0.328 e. The van der Waals surface area contributed by atoms with E-state index in [2.05, 4.69) is 22.5 Å². The maximum atomic E-state index is 12.6. The lowest BCUT2D eigenvalue weighted by Crippen LogP contribution is -2.34. The first-order valence-electron chi connectivity index (χ1n) is 9.04. The number of rotatable bonds is 5. The smallest absolute Gasteiger partial charge is 0.328 e. The van der Waals surface area contributed by atoms with Gasteiger partial charge >= 0.3 is 11.7 Å². The summed E-state index contributed by atoms with van der Waals surface area (Å²) in [6.45, 7) is 3.98. The Hall–Kier alpha value is -3.03. The number of aromatic nitrogens is 4. The normalized spacial score (nSPS) is 12.3. The van der Waals surface area contributed by atoms with E-state index in [0.717, 1.165) is 35.3 Å². The second kappa shape index (κ2) is 7.30. The van der Waals surface area contributed by atoms with Gasteiger partial charge in [-0.2, -0.15) is 0 Å². The summed E-state index contributed by atoms with van der Waals surface area (Å²) in [5, 5.41) is 5.93. The third kappa shape index (κ3) is 3.47. The molecule has 0 aliphatic heterocycles. The van der Waals surface area contributed by atoms with Gasteiger partial charge in [-0.05, 0) is 31.0 Å². The zero-order valence-corrected chi connectivity index (χ0v) is 16.4. The van der Waals surface area contributed by atoms with Crippen molar-refractivity contribution in [2.75, 3.05) is 5.32 Å². The van der Waals surface area contributed by atoms with E-state index in [9.17, 15) is 9.59 Å². The summed E-state index contributed by atoms with van der Waals surface area (Å²) in [5.74, 6) is 0.824. The fourth-order valence-corrected chi connectivity index (χ4v) is 3.37. The van der Waals surface area contributed by atoms with Gasteiger partial charge < -0.3 is 15.2 Å². The summed E-state index contributed by atoms with van der Waals surface area (Å²) in [4.78, 5) is 29.1. The van der Waals surface area contributed by atoms with E-state index in [1.165, 1.54) is 0 Å². The molecule has 0 aliphatic rings. The largest absolute Gasteiger partial charge is 0.336 e. The van der Waals surface area contributed by atoms with Gasteiger partial charge in [0.1, 0.15) is 5.82 Å². The van der Waals surface area contributed by atoms with Crippen LogP contribution in [0.4, 0.5) is 10.5 Å². The van der Waals surface area contributed by atoms with E-state index in [-0.39, 0.29) is 17.8 Å². The second-order valence-corrected chi connectivity index (χ2v) is 6.89. The lowest BCUT2D eigenvalue weighted by atomic mass is 10.1. The summed E-state index contributed by atoms with van der Waals surface area (Å²) in [7, 11) is 5.38. The highest BCUT2D eigenvalue weighted by molar-refractivity contribution is 5.93. The lowest BCUT2D eigenvalue weighted by molar-refractivity contribution is 0.247. The number of hydrogen-bond acceptors (Lipinski definition) is 3. The molecule has 1 aromatic carbocycles. The van der Waals surface area contributed by atoms with Crippen LogP contribution in [0.15, 0.2) is 29.3 Å². The molecule has 3 aromatic rings. The number of anilines is 1. The number of carbonyl (C=O) groups is 1. The summed E-state index contributed by atoms with van der Waals surface area (Å²) in [6.07, 6.45) is 5.32. The zero-order valence-electron chi connectivity index (χ0n) is 16.4. The highest BCUT2D eigenvalue weighted by Crippen LogP contribution is 2.23. The molecule has 0 spiro atoms. The van der Waals surface area contributed by atoms with E-state index < -0.39 is 0 Å². The van der Waals surface area contributed by atoms with Crippen molar-refractivity contribution in [2.45, 2.75) is 32.7 Å². The molecule has 8 heteroatoms. The first kappa shape index (κ1) is 18.8. The predicted octanol–water partition coefficient (Wildman–Crippen LogP) is 2.58. The van der Waals surface area contributed by atoms with Crippen molar-refractivity contribution in [3.63, 3.8) is 0 Å². The summed E-state index contributed by atoms with van der Waals surface area (Å²) in [5.41, 5.74) is 3.09. The Bertz CT molecular complexity index is 1040. The number of urea groups is 1. The Morgan fingerprint density at radius 1 is 1.19 bits per heavy atom. The average Bonchev–Trinajstić information content (AvgIpc) is 3.13. The van der Waals surface area contributed by atoms with Crippen LogP contribution < -0.4 is 16.3 Å². The van der Waals surface area contributed by atoms with Gasteiger partial charge in [0.15, 0.2) is 0 Å². The number of hydrogen-bond donors (Lipinski definition) is 2. The molecule has 8 nitrogen and oxygen atoms in total. The van der Waals surface area contributed by atoms with Crippen LogP contribution in [0.3, 0.4) is 0 Å². The molecule has 2 N–H and O–H groups in total. The predicted molar refractivity (Wildman–Crippen MR) is 106 cm³/mol. The van der Waals surface area contributed by atoms with E-state index in [0.29, 0.717) is 5.69 Å². The van der Waals surface area contributed by atoms with Crippen LogP contribution in [-0.2, 0) is 21.1 Å². The van der Waals surface area contributed by atoms with E-state index in [4.69, 9.17) is 0 Å². The molecule has 0 bridgehead atoms. The zero-order chi connectivity index (χ0) is 19.7. The van der Waals surface area contributed by atoms with Crippen molar-refractivity contribution < 1.29 is 4.79 Å². The molecule has 0 aliphatic carbocycles. The van der Waals surface area contributed by atoms with Gasteiger partial charge in [-0.25, -0.2) is 14.6 Å². The minimum atomic E-state index is -0.292. The molecule has 27 heavy (non-hydrogen) atoms. The van der Waals surface area contributed by atoms with Crippen LogP contribution >= 0.6 is 0 Å². The Morgan fingerprint density at radius 2 is 1.85 bits per heavy atom. The van der Waals surface area contributed by atoms with Crippen molar-refractivity contribution in [1.82, 2.24) is 24.0 Å². The molecular weight excluding hydrogens is 344 g/mol. The summed E-state index contributed by atoms with van der Waals surface area (Å²) < 4.78 is 5.09. The number of nitrogens with one attached hydrogen (secondary N) is 2. The maximum absolute atomic E-state index is 12.6. The standard InChI is InChI=1S/C19H26N6O2/c1-6-7-13(17-20-8-9-23(17)3)21-18(26)22-14-11-16-15(10-12(14)2)24(4)19(27)25(16)5/h8-11,13H,6-7H2,1-5H3,(H2,21,22,26)/t13-/m1/s1. The highest BCUT2D eigenvalue weighted by atomic mass is 16.2. The SMILES string of the molecule is CCC[C@@H](NC(=O)Nc1cc2c(cc1C)n(C)c(=O)n2C)c1nccn1C. The van der Waals surface area contributed by atoms with Crippen LogP contribution in [0.5, 0.6) is 0 Å². The molecule has 3 rings (SSSR count). The number of fused-ring (bicyclic) bond motifs is 1. The van der Waals surface area contributed by atoms with Crippen molar-refractivity contribution in [1.29, 1.82) is 0 Å². The highest BCUT2D eigenvalue weighted by Gasteiger charge is 2.19. The minimum absolute atomic E-state index is 0.0937. The molecule has 2 heterocycles. The average molecular weight is 370 g/mol. The number of nitrogens with zero attached hydrogens (tertiary/aromatic N) is 4. The number of carbonyl (C=O) groups excluding carboxylic acids is 1. The summed E-state index contributed by atoms with van der Waals surface area (Å²) in [6, 6.07) is 3.29. The number of imidazole rings is 2. The molecule has 2 aromatic heterocycles. The topological polar surface area (TPSA) is 85.9 Å². The van der Waals surface area contributed by atoms with Crippen molar-refractivity contribution in [2.24, 2.45) is 21.1 Å². The fraction of sp³-hybridized carbons (Fsp3) is 0.421. The third-order valence-corrected chi connectivity index (χ3v) is 4.92. The van der Waals surface area contributed by atoms with Gasteiger partial charge in [0.05, 0.1) is 17.1 Å². The molecule has 144 valence electrons. The number of benzene rings is 1. The van der Waals surface area contributed by atoms with Crippen LogP contribution in [0.1, 0.15) is 37.2 Å². The number of amides is 2. The summed E-state index contributed by atoms with van der Waals surface area (Å²) >= 11 is 0. The molecule has 2 amide bonds. The van der Waals surface area contributed by atoms with Gasteiger partial charge in [-0.15, -0.1) is 0 Å². The van der Waals surface area contributed by atoms with Crippen LogP contribution in [-0.4, -0.2) is 24.7 Å². The molecular formula is C19H26N6O2. The van der Waals surface area contributed by atoms with Gasteiger partial charge in [0.2, 0.25) is 0 Å². The van der Waals surface area contributed by atoms with E-state index >= 15 is 0 Å². The van der Waals surface area contributed by atoms with Crippen molar-refractivity contribution in [3.8, 4) is 0 Å². The quantitative estimate of drug-likeness (QED) is 0.724. The Kier molecular flexibility index (Phi) is 5.07. The monoisotopic (exact) mass is 370 g/mol. The second-order valence-electron chi connectivity index (χ2n) is 6.89. The van der Waals surface area contributed by atoms with Crippen molar-refractivity contribution in [3.05, 3.63) is 46.4 Å². The molecule has 0 fully saturated rings. The van der Waals surface area contributed by atoms with Gasteiger partial charge in [-0.3, -0.25) is 9.13 Å². The molecule has 0 unspecified atom stereocenters. The lowest BCUT2D eigenvalue weighted by Gasteiger charge is -2.19. The first-order valence-corrected chi connectivity index (χ1v) is 9.04. The third-order valence-electron chi connectivity index (χ3n) is 4.92. The first-order chi connectivity index (χ1) is 12.8. The Morgan fingerprint density at radius 3 is 2.44 bits per heavy atom. The van der Waals surface area contributed by atoms with Crippen LogP contribution in [0.25, 0.3) is 11.0 Å².